The lowest BCUT2D eigenvalue weighted by molar-refractivity contribution is -0.181. The summed E-state index contributed by atoms with van der Waals surface area (Å²) >= 11 is 0. The molecule has 1 saturated heterocycles. The molecule has 1 heterocycles. The van der Waals surface area contributed by atoms with Crippen molar-refractivity contribution in [2.75, 3.05) is 13.2 Å². The second kappa shape index (κ2) is 6.38. The van der Waals surface area contributed by atoms with Gasteiger partial charge in [0.1, 0.15) is 0 Å². The molecule has 14 heavy (non-hydrogen) atoms. The average molecular weight is 202 g/mol. The summed E-state index contributed by atoms with van der Waals surface area (Å²) in [4.78, 5) is 0. The predicted molar refractivity (Wildman–Crippen MR) is 55.2 cm³/mol. The maximum absolute atomic E-state index is 5.60. The number of ether oxygens (including phenoxy) is 3. The van der Waals surface area contributed by atoms with Gasteiger partial charge in [-0.1, -0.05) is 0 Å². The summed E-state index contributed by atoms with van der Waals surface area (Å²) in [5.74, 6) is 0. The normalized spacial score (nSPS) is 25.3. The van der Waals surface area contributed by atoms with Crippen LogP contribution in [0.15, 0.2) is 0 Å². The van der Waals surface area contributed by atoms with Crippen molar-refractivity contribution in [3.63, 3.8) is 0 Å². The largest absolute Gasteiger partial charge is 0.373 e. The van der Waals surface area contributed by atoms with E-state index in [9.17, 15) is 0 Å². The second-order valence-electron chi connectivity index (χ2n) is 4.12. The van der Waals surface area contributed by atoms with Crippen molar-refractivity contribution in [3.8, 4) is 0 Å². The SMILES string of the molecule is CC(C)OC(C)COC1CCCCO1. The Balaban J connectivity index is 2.06. The molecule has 1 fully saturated rings. The van der Waals surface area contributed by atoms with Crippen LogP contribution >= 0.6 is 0 Å². The van der Waals surface area contributed by atoms with Gasteiger partial charge in [-0.15, -0.1) is 0 Å². The zero-order valence-corrected chi connectivity index (χ0v) is 9.49. The van der Waals surface area contributed by atoms with E-state index in [-0.39, 0.29) is 18.5 Å². The fourth-order valence-corrected chi connectivity index (χ4v) is 1.59. The Hall–Kier alpha value is -0.120. The molecule has 2 unspecified atom stereocenters. The van der Waals surface area contributed by atoms with Crippen LogP contribution < -0.4 is 0 Å². The molecular formula is C11H22O3. The summed E-state index contributed by atoms with van der Waals surface area (Å²) in [5.41, 5.74) is 0. The van der Waals surface area contributed by atoms with Crippen LogP contribution in [0, 0.1) is 0 Å². The average Bonchev–Trinajstić information content (AvgIpc) is 2.15. The molecule has 0 aromatic rings. The summed E-state index contributed by atoms with van der Waals surface area (Å²) in [6, 6.07) is 0. The highest BCUT2D eigenvalue weighted by Gasteiger charge is 2.15. The molecule has 0 radical (unpaired) electrons. The van der Waals surface area contributed by atoms with Gasteiger partial charge in [-0.2, -0.15) is 0 Å². The van der Waals surface area contributed by atoms with E-state index < -0.39 is 0 Å². The molecule has 0 aromatic carbocycles. The molecule has 3 nitrogen and oxygen atoms in total. The molecule has 2 atom stereocenters. The Morgan fingerprint density at radius 1 is 1.29 bits per heavy atom. The molecule has 0 aliphatic carbocycles. The molecule has 1 aliphatic heterocycles. The lowest BCUT2D eigenvalue weighted by Gasteiger charge is -2.24. The first-order chi connectivity index (χ1) is 6.68. The number of hydrogen-bond acceptors (Lipinski definition) is 3. The summed E-state index contributed by atoms with van der Waals surface area (Å²) in [6.07, 6.45) is 3.82. The van der Waals surface area contributed by atoms with Gasteiger partial charge in [0.15, 0.2) is 6.29 Å². The first kappa shape index (κ1) is 12.0. The molecule has 1 aliphatic rings. The maximum Gasteiger partial charge on any atom is 0.157 e. The van der Waals surface area contributed by atoms with E-state index in [1.807, 2.05) is 20.8 Å². The third-order valence-corrected chi connectivity index (χ3v) is 2.16. The first-order valence-corrected chi connectivity index (χ1v) is 5.57. The van der Waals surface area contributed by atoms with Crippen molar-refractivity contribution < 1.29 is 14.2 Å². The van der Waals surface area contributed by atoms with Crippen molar-refractivity contribution in [3.05, 3.63) is 0 Å². The van der Waals surface area contributed by atoms with Crippen LogP contribution in [0.4, 0.5) is 0 Å². The smallest absolute Gasteiger partial charge is 0.157 e. The molecule has 1 rings (SSSR count). The van der Waals surface area contributed by atoms with Gasteiger partial charge in [0.05, 0.1) is 18.8 Å². The van der Waals surface area contributed by atoms with Gasteiger partial charge in [-0.05, 0) is 40.0 Å². The number of rotatable bonds is 5. The lowest BCUT2D eigenvalue weighted by atomic mass is 10.2. The van der Waals surface area contributed by atoms with Gasteiger partial charge in [0.25, 0.3) is 0 Å². The minimum Gasteiger partial charge on any atom is -0.373 e. The van der Waals surface area contributed by atoms with Gasteiger partial charge in [-0.25, -0.2) is 0 Å². The van der Waals surface area contributed by atoms with Gasteiger partial charge >= 0.3 is 0 Å². The van der Waals surface area contributed by atoms with Gasteiger partial charge in [-0.3, -0.25) is 0 Å². The molecule has 3 heteroatoms. The van der Waals surface area contributed by atoms with Crippen molar-refractivity contribution in [2.45, 2.75) is 58.5 Å². The van der Waals surface area contributed by atoms with E-state index in [0.29, 0.717) is 6.61 Å². The van der Waals surface area contributed by atoms with Crippen LogP contribution in [0.25, 0.3) is 0 Å². The maximum atomic E-state index is 5.60. The lowest BCUT2D eigenvalue weighted by Crippen LogP contribution is -2.28. The van der Waals surface area contributed by atoms with Crippen LogP contribution in [0.2, 0.25) is 0 Å². The van der Waals surface area contributed by atoms with E-state index in [0.717, 1.165) is 19.4 Å². The monoisotopic (exact) mass is 202 g/mol. The van der Waals surface area contributed by atoms with Gasteiger partial charge < -0.3 is 14.2 Å². The third-order valence-electron chi connectivity index (χ3n) is 2.16. The molecule has 0 saturated carbocycles. The predicted octanol–water partition coefficient (Wildman–Crippen LogP) is 2.34. The molecule has 0 N–H and O–H groups in total. The van der Waals surface area contributed by atoms with Crippen molar-refractivity contribution in [1.29, 1.82) is 0 Å². The van der Waals surface area contributed by atoms with Crippen LogP contribution in [0.5, 0.6) is 0 Å². The Morgan fingerprint density at radius 3 is 2.64 bits per heavy atom. The number of hydrogen-bond donors (Lipinski definition) is 0. The molecule has 0 bridgehead atoms. The zero-order chi connectivity index (χ0) is 10.4. The first-order valence-electron chi connectivity index (χ1n) is 5.57. The van der Waals surface area contributed by atoms with E-state index in [1.54, 1.807) is 0 Å². The van der Waals surface area contributed by atoms with Crippen LogP contribution in [-0.2, 0) is 14.2 Å². The molecule has 84 valence electrons. The minimum absolute atomic E-state index is 0.00182. The van der Waals surface area contributed by atoms with Crippen molar-refractivity contribution in [1.82, 2.24) is 0 Å². The molecule has 0 spiro atoms. The summed E-state index contributed by atoms with van der Waals surface area (Å²) in [7, 11) is 0. The summed E-state index contributed by atoms with van der Waals surface area (Å²) in [6.45, 7) is 7.57. The highest BCUT2D eigenvalue weighted by molar-refractivity contribution is 4.56. The Kier molecular flexibility index (Phi) is 5.45. The van der Waals surface area contributed by atoms with Crippen molar-refractivity contribution >= 4 is 0 Å². The molecule has 0 aromatic heterocycles. The van der Waals surface area contributed by atoms with Crippen LogP contribution in [-0.4, -0.2) is 31.7 Å². The zero-order valence-electron chi connectivity index (χ0n) is 9.49. The van der Waals surface area contributed by atoms with E-state index in [2.05, 4.69) is 0 Å². The van der Waals surface area contributed by atoms with Gasteiger partial charge in [0, 0.05) is 6.61 Å². The third kappa shape index (κ3) is 4.94. The summed E-state index contributed by atoms with van der Waals surface area (Å²) in [5, 5.41) is 0. The molecular weight excluding hydrogens is 180 g/mol. The highest BCUT2D eigenvalue weighted by atomic mass is 16.7. The Morgan fingerprint density at radius 2 is 2.07 bits per heavy atom. The second-order valence-corrected chi connectivity index (χ2v) is 4.12. The topological polar surface area (TPSA) is 27.7 Å². The van der Waals surface area contributed by atoms with E-state index in [4.69, 9.17) is 14.2 Å². The van der Waals surface area contributed by atoms with Crippen LogP contribution in [0.1, 0.15) is 40.0 Å². The highest BCUT2D eigenvalue weighted by Crippen LogP contribution is 2.14. The Labute approximate surface area is 86.7 Å². The van der Waals surface area contributed by atoms with Gasteiger partial charge in [0.2, 0.25) is 0 Å². The minimum atomic E-state index is 0.00182. The molecule has 0 amide bonds. The fraction of sp³-hybridized carbons (Fsp3) is 1.00. The quantitative estimate of drug-likeness (QED) is 0.685. The van der Waals surface area contributed by atoms with E-state index in [1.165, 1.54) is 6.42 Å². The fourth-order valence-electron chi connectivity index (χ4n) is 1.59. The standard InChI is InChI=1S/C11H22O3/c1-9(2)14-10(3)8-13-11-6-4-5-7-12-11/h9-11H,4-8H2,1-3H3. The van der Waals surface area contributed by atoms with Crippen molar-refractivity contribution in [2.24, 2.45) is 0 Å². The van der Waals surface area contributed by atoms with E-state index >= 15 is 0 Å². The van der Waals surface area contributed by atoms with Crippen LogP contribution in [0.3, 0.4) is 0 Å². The summed E-state index contributed by atoms with van der Waals surface area (Å²) < 4.78 is 16.6. The Bertz CT molecular complexity index is 141.